The lowest BCUT2D eigenvalue weighted by atomic mass is 9.94. The number of nitrogens with zero attached hydrogens (tertiary/aromatic N) is 3. The smallest absolute Gasteiger partial charge is 0.292 e. The first-order valence-corrected chi connectivity index (χ1v) is 7.98. The number of carbonyl (C=O) groups excluding carboxylic acids is 1. The van der Waals surface area contributed by atoms with Crippen LogP contribution in [0.5, 0.6) is 5.88 Å². The van der Waals surface area contributed by atoms with Crippen molar-refractivity contribution in [3.8, 4) is 5.88 Å². The molecular weight excluding hydrogens is 308 g/mol. The highest BCUT2D eigenvalue weighted by molar-refractivity contribution is 5.91. The highest BCUT2D eigenvalue weighted by Crippen LogP contribution is 2.29. The van der Waals surface area contributed by atoms with Crippen LogP contribution in [0.1, 0.15) is 35.0 Å². The van der Waals surface area contributed by atoms with E-state index in [4.69, 9.17) is 9.26 Å². The Labute approximate surface area is 138 Å². The molecule has 1 N–H and O–H groups in total. The Balaban J connectivity index is 1.53. The summed E-state index contributed by atoms with van der Waals surface area (Å²) >= 11 is 0. The lowest BCUT2D eigenvalue weighted by molar-refractivity contribution is 0.0664. The third-order valence-corrected chi connectivity index (χ3v) is 4.47. The number of aromatic amines is 1. The van der Waals surface area contributed by atoms with Gasteiger partial charge in [0.25, 0.3) is 11.8 Å². The van der Waals surface area contributed by atoms with Gasteiger partial charge in [0, 0.05) is 30.9 Å². The molecule has 4 rings (SSSR count). The summed E-state index contributed by atoms with van der Waals surface area (Å²) in [5.74, 6) is 0.644. The summed E-state index contributed by atoms with van der Waals surface area (Å²) < 4.78 is 10.0. The maximum Gasteiger partial charge on any atom is 0.292 e. The zero-order valence-electron chi connectivity index (χ0n) is 13.4. The molecule has 7 heteroatoms. The quantitative estimate of drug-likeness (QED) is 0.799. The molecule has 1 aliphatic rings. The average molecular weight is 326 g/mol. The van der Waals surface area contributed by atoms with Gasteiger partial charge < -0.3 is 19.1 Å². The standard InChI is InChI=1S/C17H18N4O3/c1-23-16-9-15(24-20-16)17(22)21-7-3-4-11(10-21)13-8-14-12(19-13)5-2-6-18-14/h2,5-6,8-9,11,19H,3-4,7,10H2,1H3. The van der Waals surface area contributed by atoms with E-state index in [9.17, 15) is 4.79 Å². The number of ether oxygens (including phenoxy) is 1. The van der Waals surface area contributed by atoms with Crippen LogP contribution in [0.2, 0.25) is 0 Å². The molecule has 0 aromatic carbocycles. The highest BCUT2D eigenvalue weighted by atomic mass is 16.5. The van der Waals surface area contributed by atoms with E-state index >= 15 is 0 Å². The molecular formula is C17H18N4O3. The van der Waals surface area contributed by atoms with Crippen LogP contribution in [-0.2, 0) is 0 Å². The molecule has 4 heterocycles. The van der Waals surface area contributed by atoms with E-state index in [1.54, 1.807) is 6.20 Å². The van der Waals surface area contributed by atoms with Crippen molar-refractivity contribution in [2.45, 2.75) is 18.8 Å². The van der Waals surface area contributed by atoms with Gasteiger partial charge in [-0.2, -0.15) is 0 Å². The Morgan fingerprint density at radius 1 is 1.46 bits per heavy atom. The molecule has 0 aliphatic carbocycles. The van der Waals surface area contributed by atoms with Gasteiger partial charge in [-0.15, -0.1) is 0 Å². The molecule has 1 saturated heterocycles. The highest BCUT2D eigenvalue weighted by Gasteiger charge is 2.28. The van der Waals surface area contributed by atoms with Crippen molar-refractivity contribution in [3.63, 3.8) is 0 Å². The molecule has 0 saturated carbocycles. The van der Waals surface area contributed by atoms with Crippen LogP contribution in [-0.4, -0.2) is 46.1 Å². The summed E-state index contributed by atoms with van der Waals surface area (Å²) in [7, 11) is 1.49. The Morgan fingerprint density at radius 3 is 3.17 bits per heavy atom. The van der Waals surface area contributed by atoms with E-state index in [2.05, 4.69) is 21.2 Å². The first-order chi connectivity index (χ1) is 11.7. The summed E-state index contributed by atoms with van der Waals surface area (Å²) in [5.41, 5.74) is 3.10. The van der Waals surface area contributed by atoms with Crippen molar-refractivity contribution >= 4 is 16.9 Å². The van der Waals surface area contributed by atoms with Gasteiger partial charge in [-0.1, -0.05) is 0 Å². The number of nitrogens with one attached hydrogen (secondary N) is 1. The lowest BCUT2D eigenvalue weighted by Crippen LogP contribution is -2.39. The number of methoxy groups -OCH3 is 1. The number of pyridine rings is 1. The molecule has 3 aromatic rings. The maximum absolute atomic E-state index is 12.6. The zero-order valence-corrected chi connectivity index (χ0v) is 13.4. The van der Waals surface area contributed by atoms with Gasteiger partial charge in [-0.25, -0.2) is 0 Å². The number of piperidine rings is 1. The van der Waals surface area contributed by atoms with Crippen molar-refractivity contribution in [3.05, 3.63) is 41.9 Å². The molecule has 1 atom stereocenters. The summed E-state index contributed by atoms with van der Waals surface area (Å²) in [6.07, 6.45) is 3.77. The molecule has 0 spiro atoms. The molecule has 1 amide bonds. The fourth-order valence-corrected chi connectivity index (χ4v) is 3.22. The Bertz CT molecular complexity index is 836. The second kappa shape index (κ2) is 5.99. The normalized spacial score (nSPS) is 18.0. The summed E-state index contributed by atoms with van der Waals surface area (Å²) in [4.78, 5) is 22.2. The van der Waals surface area contributed by atoms with E-state index in [-0.39, 0.29) is 17.6 Å². The maximum atomic E-state index is 12.6. The topological polar surface area (TPSA) is 84.2 Å². The second-order valence-corrected chi connectivity index (χ2v) is 5.98. The SMILES string of the molecule is COc1cc(C(=O)N2CCCC(c3cc4ncccc4[nH]3)C2)on1. The Morgan fingerprint density at radius 2 is 2.38 bits per heavy atom. The molecule has 1 unspecified atom stereocenters. The van der Waals surface area contributed by atoms with Crippen molar-refractivity contribution in [2.24, 2.45) is 0 Å². The molecule has 1 fully saturated rings. The minimum atomic E-state index is -0.148. The minimum absolute atomic E-state index is 0.148. The summed E-state index contributed by atoms with van der Waals surface area (Å²) in [5, 5.41) is 3.70. The van der Waals surface area contributed by atoms with Crippen molar-refractivity contribution in [1.29, 1.82) is 0 Å². The molecule has 0 radical (unpaired) electrons. The van der Waals surface area contributed by atoms with Crippen LogP contribution in [0, 0.1) is 0 Å². The van der Waals surface area contributed by atoms with Crippen LogP contribution >= 0.6 is 0 Å². The number of hydrogen-bond donors (Lipinski definition) is 1. The summed E-state index contributed by atoms with van der Waals surface area (Å²) in [6.45, 7) is 1.37. The third-order valence-electron chi connectivity index (χ3n) is 4.47. The van der Waals surface area contributed by atoms with Gasteiger partial charge in [0.1, 0.15) is 0 Å². The Kier molecular flexibility index (Phi) is 3.68. The van der Waals surface area contributed by atoms with Gasteiger partial charge in [0.2, 0.25) is 5.76 Å². The van der Waals surface area contributed by atoms with Crippen LogP contribution in [0.25, 0.3) is 11.0 Å². The van der Waals surface area contributed by atoms with E-state index in [1.807, 2.05) is 17.0 Å². The van der Waals surface area contributed by atoms with Gasteiger partial charge >= 0.3 is 0 Å². The molecule has 7 nitrogen and oxygen atoms in total. The number of fused-ring (bicyclic) bond motifs is 1. The predicted molar refractivity (Wildman–Crippen MR) is 87.0 cm³/mol. The number of amides is 1. The largest absolute Gasteiger partial charge is 0.479 e. The van der Waals surface area contributed by atoms with Gasteiger partial charge in [0.15, 0.2) is 0 Å². The zero-order chi connectivity index (χ0) is 16.5. The van der Waals surface area contributed by atoms with Crippen molar-refractivity contribution in [1.82, 2.24) is 20.0 Å². The number of rotatable bonds is 3. The Hall–Kier alpha value is -2.83. The van der Waals surface area contributed by atoms with Crippen LogP contribution in [0.3, 0.4) is 0 Å². The molecule has 124 valence electrons. The predicted octanol–water partition coefficient (Wildman–Crippen LogP) is 2.58. The van der Waals surface area contributed by atoms with Gasteiger partial charge in [-0.3, -0.25) is 9.78 Å². The third kappa shape index (κ3) is 2.62. The lowest BCUT2D eigenvalue weighted by Gasteiger charge is -2.31. The van der Waals surface area contributed by atoms with Crippen LogP contribution < -0.4 is 4.74 Å². The second-order valence-electron chi connectivity index (χ2n) is 5.98. The average Bonchev–Trinajstić information content (AvgIpc) is 3.28. The number of H-pyrrole nitrogens is 1. The van der Waals surface area contributed by atoms with E-state index in [0.29, 0.717) is 12.4 Å². The van der Waals surface area contributed by atoms with Gasteiger partial charge in [0.05, 0.1) is 24.2 Å². The molecule has 0 bridgehead atoms. The van der Waals surface area contributed by atoms with Crippen LogP contribution in [0.4, 0.5) is 0 Å². The number of aromatic nitrogens is 3. The molecule has 1 aliphatic heterocycles. The van der Waals surface area contributed by atoms with Gasteiger partial charge in [-0.05, 0) is 36.2 Å². The monoisotopic (exact) mass is 326 g/mol. The first kappa shape index (κ1) is 14.7. The van der Waals surface area contributed by atoms with Crippen LogP contribution in [0.15, 0.2) is 35.0 Å². The molecule has 24 heavy (non-hydrogen) atoms. The van der Waals surface area contributed by atoms with Crippen molar-refractivity contribution in [2.75, 3.05) is 20.2 Å². The van der Waals surface area contributed by atoms with Crippen molar-refractivity contribution < 1.29 is 14.1 Å². The number of hydrogen-bond acceptors (Lipinski definition) is 5. The van der Waals surface area contributed by atoms with E-state index < -0.39 is 0 Å². The number of carbonyl (C=O) groups is 1. The fraction of sp³-hybridized carbons (Fsp3) is 0.353. The minimum Gasteiger partial charge on any atom is -0.479 e. The molecule has 3 aromatic heterocycles. The number of likely N-dealkylation sites (tertiary alicyclic amines) is 1. The fourth-order valence-electron chi connectivity index (χ4n) is 3.22. The first-order valence-electron chi connectivity index (χ1n) is 7.98. The summed E-state index contributed by atoms with van der Waals surface area (Å²) in [6, 6.07) is 7.53. The van der Waals surface area contributed by atoms with E-state index in [0.717, 1.165) is 36.1 Å². The van der Waals surface area contributed by atoms with E-state index in [1.165, 1.54) is 13.2 Å².